The summed E-state index contributed by atoms with van der Waals surface area (Å²) in [7, 11) is 1.59. The first-order valence-corrected chi connectivity index (χ1v) is 9.80. The number of rotatable bonds is 5. The molecule has 0 spiro atoms. The van der Waals surface area contributed by atoms with Crippen molar-refractivity contribution in [3.05, 3.63) is 93.7 Å². The predicted molar refractivity (Wildman–Crippen MR) is 111 cm³/mol. The number of amides is 1. The first kappa shape index (κ1) is 19.7. The average molecular weight is 405 g/mol. The molecule has 154 valence electrons. The van der Waals surface area contributed by atoms with Crippen LogP contribution in [0.3, 0.4) is 0 Å². The molecule has 0 bridgehead atoms. The molecule has 3 aromatic rings. The van der Waals surface area contributed by atoms with Crippen molar-refractivity contribution in [2.45, 2.75) is 26.1 Å². The summed E-state index contributed by atoms with van der Waals surface area (Å²) in [6, 6.07) is 17.1. The number of methoxy groups -OCH3 is 1. The summed E-state index contributed by atoms with van der Waals surface area (Å²) in [4.78, 5) is 31.5. The predicted octanol–water partition coefficient (Wildman–Crippen LogP) is 3.00. The summed E-state index contributed by atoms with van der Waals surface area (Å²) in [5, 5.41) is 0. The third-order valence-corrected chi connectivity index (χ3v) is 5.14. The number of fused-ring (bicyclic) bond motifs is 1. The van der Waals surface area contributed by atoms with E-state index in [2.05, 4.69) is 4.98 Å². The van der Waals surface area contributed by atoms with Crippen LogP contribution < -0.4 is 10.3 Å². The number of ether oxygens (including phenoxy) is 2. The molecule has 0 N–H and O–H groups in total. The molecule has 7 heteroatoms. The molecule has 0 saturated heterocycles. The Morgan fingerprint density at radius 3 is 2.70 bits per heavy atom. The maximum atomic E-state index is 13.0. The second-order valence-corrected chi connectivity index (χ2v) is 7.17. The summed E-state index contributed by atoms with van der Waals surface area (Å²) >= 11 is 0. The van der Waals surface area contributed by atoms with Crippen LogP contribution in [0.5, 0.6) is 5.75 Å². The molecule has 0 radical (unpaired) electrons. The second kappa shape index (κ2) is 8.82. The fourth-order valence-corrected chi connectivity index (χ4v) is 3.50. The number of benzene rings is 2. The van der Waals surface area contributed by atoms with Crippen molar-refractivity contribution < 1.29 is 14.3 Å². The SMILES string of the molecule is COc1cccc(COC(=O)N2CCc3ncn(Cc4ccccc4)c(=O)c3C2)c1. The van der Waals surface area contributed by atoms with Gasteiger partial charge in [-0.2, -0.15) is 0 Å². The number of carbonyl (C=O) groups excluding carboxylic acids is 1. The van der Waals surface area contributed by atoms with Crippen molar-refractivity contribution in [1.29, 1.82) is 0 Å². The van der Waals surface area contributed by atoms with Gasteiger partial charge in [-0.25, -0.2) is 9.78 Å². The summed E-state index contributed by atoms with van der Waals surface area (Å²) < 4.78 is 12.2. The molecule has 2 aromatic carbocycles. The monoisotopic (exact) mass is 405 g/mol. The lowest BCUT2D eigenvalue weighted by Crippen LogP contribution is -2.41. The Labute approximate surface area is 174 Å². The lowest BCUT2D eigenvalue weighted by molar-refractivity contribution is 0.0912. The van der Waals surface area contributed by atoms with Gasteiger partial charge in [0, 0.05) is 13.0 Å². The lowest BCUT2D eigenvalue weighted by atomic mass is 10.1. The van der Waals surface area contributed by atoms with Crippen LogP contribution in [-0.2, 0) is 30.9 Å². The van der Waals surface area contributed by atoms with Crippen molar-refractivity contribution in [2.24, 2.45) is 0 Å². The Balaban J connectivity index is 1.44. The van der Waals surface area contributed by atoms with Gasteiger partial charge < -0.3 is 14.4 Å². The molecule has 0 aliphatic carbocycles. The first-order valence-electron chi connectivity index (χ1n) is 9.80. The van der Waals surface area contributed by atoms with E-state index in [0.29, 0.717) is 30.8 Å². The molecule has 1 aliphatic rings. The molecule has 0 unspecified atom stereocenters. The molecule has 4 rings (SSSR count). The number of hydrogen-bond donors (Lipinski definition) is 0. The summed E-state index contributed by atoms with van der Waals surface area (Å²) in [6.45, 7) is 1.26. The fraction of sp³-hybridized carbons (Fsp3) is 0.261. The number of carbonyl (C=O) groups is 1. The molecule has 30 heavy (non-hydrogen) atoms. The average Bonchev–Trinajstić information content (AvgIpc) is 2.80. The topological polar surface area (TPSA) is 73.7 Å². The minimum Gasteiger partial charge on any atom is -0.497 e. The van der Waals surface area contributed by atoms with Gasteiger partial charge in [-0.1, -0.05) is 42.5 Å². The minimum absolute atomic E-state index is 0.117. The maximum Gasteiger partial charge on any atom is 0.410 e. The Morgan fingerprint density at radius 1 is 1.10 bits per heavy atom. The molecule has 1 aliphatic heterocycles. The number of hydrogen-bond acceptors (Lipinski definition) is 5. The van der Waals surface area contributed by atoms with Crippen LogP contribution in [0.15, 0.2) is 65.7 Å². The largest absolute Gasteiger partial charge is 0.497 e. The van der Waals surface area contributed by atoms with Crippen LogP contribution in [-0.4, -0.2) is 34.2 Å². The van der Waals surface area contributed by atoms with E-state index in [-0.39, 0.29) is 18.7 Å². The highest BCUT2D eigenvalue weighted by atomic mass is 16.6. The summed E-state index contributed by atoms with van der Waals surface area (Å²) in [5.41, 5.74) is 3.05. The highest BCUT2D eigenvalue weighted by Gasteiger charge is 2.25. The van der Waals surface area contributed by atoms with E-state index in [0.717, 1.165) is 16.8 Å². The molecule has 1 aromatic heterocycles. The Morgan fingerprint density at radius 2 is 1.90 bits per heavy atom. The highest BCUT2D eigenvalue weighted by Crippen LogP contribution is 2.17. The van der Waals surface area contributed by atoms with Gasteiger partial charge in [-0.15, -0.1) is 0 Å². The van der Waals surface area contributed by atoms with E-state index >= 15 is 0 Å². The number of aromatic nitrogens is 2. The maximum absolute atomic E-state index is 13.0. The van der Waals surface area contributed by atoms with Crippen LogP contribution in [0.4, 0.5) is 4.79 Å². The van der Waals surface area contributed by atoms with Gasteiger partial charge in [-0.05, 0) is 23.3 Å². The zero-order valence-corrected chi connectivity index (χ0v) is 16.8. The Bertz CT molecular complexity index is 1100. The van der Waals surface area contributed by atoms with Crippen molar-refractivity contribution in [1.82, 2.24) is 14.5 Å². The highest BCUT2D eigenvalue weighted by molar-refractivity contribution is 5.68. The standard InChI is InChI=1S/C23H23N3O4/c1-29-19-9-5-8-18(12-19)15-30-23(28)25-11-10-21-20(14-25)22(27)26(16-24-21)13-17-6-3-2-4-7-17/h2-9,12,16H,10-11,13-15H2,1H3. The molecule has 0 fully saturated rings. The smallest absolute Gasteiger partial charge is 0.410 e. The van der Waals surface area contributed by atoms with Gasteiger partial charge >= 0.3 is 6.09 Å². The van der Waals surface area contributed by atoms with Gasteiger partial charge in [0.05, 0.1) is 37.8 Å². The third-order valence-electron chi connectivity index (χ3n) is 5.14. The van der Waals surface area contributed by atoms with E-state index in [1.165, 1.54) is 0 Å². The summed E-state index contributed by atoms with van der Waals surface area (Å²) in [6.07, 6.45) is 1.68. The van der Waals surface area contributed by atoms with Gasteiger partial charge in [0.2, 0.25) is 0 Å². The molecular formula is C23H23N3O4. The molecule has 0 saturated carbocycles. The zero-order chi connectivity index (χ0) is 20.9. The van der Waals surface area contributed by atoms with E-state index in [1.807, 2.05) is 54.6 Å². The zero-order valence-electron chi connectivity index (χ0n) is 16.8. The van der Waals surface area contributed by atoms with Crippen LogP contribution in [0.2, 0.25) is 0 Å². The van der Waals surface area contributed by atoms with Gasteiger partial charge in [0.1, 0.15) is 12.4 Å². The second-order valence-electron chi connectivity index (χ2n) is 7.17. The normalized spacial score (nSPS) is 12.9. The summed E-state index contributed by atoms with van der Waals surface area (Å²) in [5.74, 6) is 0.709. The Kier molecular flexibility index (Phi) is 5.79. The Hall–Kier alpha value is -3.61. The van der Waals surface area contributed by atoms with Crippen LogP contribution in [0, 0.1) is 0 Å². The molecule has 1 amide bonds. The van der Waals surface area contributed by atoms with Crippen molar-refractivity contribution >= 4 is 6.09 Å². The van der Waals surface area contributed by atoms with E-state index in [9.17, 15) is 9.59 Å². The van der Waals surface area contributed by atoms with Crippen molar-refractivity contribution in [2.75, 3.05) is 13.7 Å². The first-order chi connectivity index (χ1) is 14.6. The van der Waals surface area contributed by atoms with Gasteiger partial charge in [-0.3, -0.25) is 9.36 Å². The van der Waals surface area contributed by atoms with E-state index < -0.39 is 6.09 Å². The fourth-order valence-electron chi connectivity index (χ4n) is 3.50. The van der Waals surface area contributed by atoms with E-state index in [4.69, 9.17) is 9.47 Å². The third kappa shape index (κ3) is 4.35. The van der Waals surface area contributed by atoms with Crippen LogP contribution in [0.25, 0.3) is 0 Å². The van der Waals surface area contributed by atoms with Crippen LogP contribution >= 0.6 is 0 Å². The lowest BCUT2D eigenvalue weighted by Gasteiger charge is -2.27. The van der Waals surface area contributed by atoms with Gasteiger partial charge in [0.25, 0.3) is 5.56 Å². The quantitative estimate of drug-likeness (QED) is 0.652. The van der Waals surface area contributed by atoms with Crippen LogP contribution in [0.1, 0.15) is 22.4 Å². The van der Waals surface area contributed by atoms with Crippen molar-refractivity contribution in [3.8, 4) is 5.75 Å². The molecular weight excluding hydrogens is 382 g/mol. The molecule has 7 nitrogen and oxygen atoms in total. The van der Waals surface area contributed by atoms with Crippen molar-refractivity contribution in [3.63, 3.8) is 0 Å². The number of nitrogens with zero attached hydrogens (tertiary/aromatic N) is 3. The van der Waals surface area contributed by atoms with E-state index in [1.54, 1.807) is 22.9 Å². The molecule has 0 atom stereocenters. The minimum atomic E-state index is -0.443. The molecule has 2 heterocycles. The van der Waals surface area contributed by atoms with Gasteiger partial charge in [0.15, 0.2) is 0 Å².